The fraction of sp³-hybridized carbons (Fsp3) is 0.474. The molecular weight excluding hydrogens is 403 g/mol. The van der Waals surface area contributed by atoms with Gasteiger partial charge in [0.15, 0.2) is 5.13 Å². The number of hydrogen-bond acceptors (Lipinski definition) is 5. The minimum absolute atomic E-state index is 0.0483. The maximum atomic E-state index is 12.7. The van der Waals surface area contributed by atoms with E-state index in [1.165, 1.54) is 4.88 Å². The van der Waals surface area contributed by atoms with Crippen molar-refractivity contribution in [2.75, 3.05) is 23.7 Å². The Hall–Kier alpha value is -1.50. The highest BCUT2D eigenvalue weighted by molar-refractivity contribution is 7.15. The van der Waals surface area contributed by atoms with Crippen molar-refractivity contribution in [3.05, 3.63) is 38.8 Å². The summed E-state index contributed by atoms with van der Waals surface area (Å²) in [5, 5.41) is 5.02. The van der Waals surface area contributed by atoms with Crippen LogP contribution in [0.5, 0.6) is 0 Å². The average molecular weight is 425 g/mol. The van der Waals surface area contributed by atoms with Gasteiger partial charge in [0.05, 0.1) is 21.4 Å². The molecule has 0 spiro atoms. The molecule has 1 unspecified atom stereocenters. The molecule has 27 heavy (non-hydrogen) atoms. The van der Waals surface area contributed by atoms with Crippen LogP contribution < -0.4 is 16.0 Å². The molecule has 2 aliphatic rings. The molecule has 8 heteroatoms. The number of amides is 1. The number of carbonyl (C=O) groups excluding carboxylic acids is 1. The first-order valence-corrected chi connectivity index (χ1v) is 10.8. The van der Waals surface area contributed by atoms with Gasteiger partial charge >= 0.3 is 0 Å². The number of aromatic nitrogens is 1. The van der Waals surface area contributed by atoms with E-state index in [-0.39, 0.29) is 17.9 Å². The molecule has 1 fully saturated rings. The van der Waals surface area contributed by atoms with E-state index in [1.54, 1.807) is 17.4 Å². The Labute approximate surface area is 172 Å². The second kappa shape index (κ2) is 7.86. The molecule has 2 heterocycles. The Morgan fingerprint density at radius 2 is 2.04 bits per heavy atom. The summed E-state index contributed by atoms with van der Waals surface area (Å²) in [6.45, 7) is 1.61. The Balaban J connectivity index is 1.32. The number of nitrogens with zero attached hydrogens (tertiary/aromatic N) is 2. The highest BCUT2D eigenvalue weighted by Gasteiger charge is 2.29. The Bertz CT molecular complexity index is 848. The van der Waals surface area contributed by atoms with Gasteiger partial charge in [0.25, 0.3) is 0 Å². The third-order valence-electron chi connectivity index (χ3n) is 5.44. The lowest BCUT2D eigenvalue weighted by molar-refractivity contribution is -0.126. The number of nitrogens with one attached hydrogen (secondary N) is 1. The normalized spacial score (nSPS) is 20.4. The summed E-state index contributed by atoms with van der Waals surface area (Å²) in [5.41, 5.74) is 7.86. The molecule has 1 aliphatic heterocycles. The van der Waals surface area contributed by atoms with Crippen molar-refractivity contribution >= 4 is 51.3 Å². The fourth-order valence-electron chi connectivity index (χ4n) is 3.96. The number of carbonyl (C=O) groups is 1. The monoisotopic (exact) mass is 424 g/mol. The van der Waals surface area contributed by atoms with Gasteiger partial charge in [-0.2, -0.15) is 0 Å². The summed E-state index contributed by atoms with van der Waals surface area (Å²) in [7, 11) is 0. The molecule has 144 valence electrons. The van der Waals surface area contributed by atoms with Crippen LogP contribution in [0, 0.1) is 5.92 Å². The molecule has 5 nitrogen and oxygen atoms in total. The predicted molar refractivity (Wildman–Crippen MR) is 112 cm³/mol. The number of benzene rings is 1. The van der Waals surface area contributed by atoms with Crippen LogP contribution in [-0.2, 0) is 17.6 Å². The van der Waals surface area contributed by atoms with Crippen LogP contribution >= 0.6 is 34.5 Å². The van der Waals surface area contributed by atoms with Crippen molar-refractivity contribution in [2.45, 2.75) is 38.1 Å². The minimum atomic E-state index is 0.0483. The first-order valence-electron chi connectivity index (χ1n) is 9.24. The minimum Gasteiger partial charge on any atom is -0.375 e. The Morgan fingerprint density at radius 3 is 2.81 bits per heavy atom. The molecule has 0 saturated carbocycles. The first kappa shape index (κ1) is 18.8. The summed E-state index contributed by atoms with van der Waals surface area (Å²) >= 11 is 14.0. The number of rotatable bonds is 3. The molecule has 1 aromatic carbocycles. The van der Waals surface area contributed by atoms with Crippen molar-refractivity contribution in [3.63, 3.8) is 0 Å². The molecular formula is C19H22Cl2N4OS. The van der Waals surface area contributed by atoms with Crippen LogP contribution in [0.1, 0.15) is 29.8 Å². The number of aryl methyl sites for hydroxylation is 1. The molecule has 1 saturated heterocycles. The van der Waals surface area contributed by atoms with Gasteiger partial charge in [-0.1, -0.05) is 29.3 Å². The average Bonchev–Trinajstić information content (AvgIpc) is 3.03. The largest absolute Gasteiger partial charge is 0.375 e. The van der Waals surface area contributed by atoms with Gasteiger partial charge in [0.1, 0.15) is 0 Å². The van der Waals surface area contributed by atoms with Crippen LogP contribution in [0.3, 0.4) is 0 Å². The van der Waals surface area contributed by atoms with E-state index in [9.17, 15) is 4.79 Å². The molecule has 0 bridgehead atoms. The van der Waals surface area contributed by atoms with Crippen LogP contribution in [-0.4, -0.2) is 30.0 Å². The molecule has 1 atom stereocenters. The van der Waals surface area contributed by atoms with E-state index in [0.29, 0.717) is 15.2 Å². The quantitative estimate of drug-likeness (QED) is 0.782. The SMILES string of the molecule is Nc1nc2c(s1)CC(NC(=O)C1CCN(c3cccc(Cl)c3Cl)CC1)CC2. The van der Waals surface area contributed by atoms with Crippen LogP contribution in [0.4, 0.5) is 10.8 Å². The Kier molecular flexibility index (Phi) is 5.48. The lowest BCUT2D eigenvalue weighted by Gasteiger charge is -2.34. The highest BCUT2D eigenvalue weighted by atomic mass is 35.5. The van der Waals surface area contributed by atoms with Crippen molar-refractivity contribution in [3.8, 4) is 0 Å². The van der Waals surface area contributed by atoms with Gasteiger partial charge in [-0.05, 0) is 37.8 Å². The van der Waals surface area contributed by atoms with Gasteiger partial charge in [0, 0.05) is 36.3 Å². The topological polar surface area (TPSA) is 71.2 Å². The lowest BCUT2D eigenvalue weighted by atomic mass is 9.93. The zero-order valence-electron chi connectivity index (χ0n) is 14.9. The summed E-state index contributed by atoms with van der Waals surface area (Å²) < 4.78 is 0. The van der Waals surface area contributed by atoms with Crippen molar-refractivity contribution in [1.82, 2.24) is 10.3 Å². The van der Waals surface area contributed by atoms with Crippen molar-refractivity contribution < 1.29 is 4.79 Å². The molecule has 0 radical (unpaired) electrons. The highest BCUT2D eigenvalue weighted by Crippen LogP contribution is 2.35. The number of nitrogen functional groups attached to an aromatic ring is 1. The van der Waals surface area contributed by atoms with Crippen LogP contribution in [0.25, 0.3) is 0 Å². The summed E-state index contributed by atoms with van der Waals surface area (Å²) in [5.74, 6) is 0.213. The van der Waals surface area contributed by atoms with E-state index in [2.05, 4.69) is 15.2 Å². The summed E-state index contributed by atoms with van der Waals surface area (Å²) in [4.78, 5) is 20.5. The van der Waals surface area contributed by atoms with E-state index in [4.69, 9.17) is 28.9 Å². The number of hydrogen-bond donors (Lipinski definition) is 2. The van der Waals surface area contributed by atoms with Gasteiger partial charge in [-0.15, -0.1) is 11.3 Å². The van der Waals surface area contributed by atoms with Crippen LogP contribution in [0.2, 0.25) is 10.0 Å². The van der Waals surface area contributed by atoms with Gasteiger partial charge in [0.2, 0.25) is 5.91 Å². The zero-order chi connectivity index (χ0) is 19.0. The number of piperidine rings is 1. The molecule has 1 aromatic heterocycles. The summed E-state index contributed by atoms with van der Waals surface area (Å²) in [6, 6.07) is 5.87. The van der Waals surface area contributed by atoms with Gasteiger partial charge in [-0.25, -0.2) is 4.98 Å². The van der Waals surface area contributed by atoms with Crippen LogP contribution in [0.15, 0.2) is 18.2 Å². The number of fused-ring (bicyclic) bond motifs is 1. The fourth-order valence-corrected chi connectivity index (χ4v) is 5.33. The van der Waals surface area contributed by atoms with E-state index in [1.807, 2.05) is 12.1 Å². The maximum Gasteiger partial charge on any atom is 0.223 e. The van der Waals surface area contributed by atoms with E-state index < -0.39 is 0 Å². The number of thiazole rings is 1. The number of nitrogens with two attached hydrogens (primary N) is 1. The second-order valence-corrected chi connectivity index (χ2v) is 9.10. The predicted octanol–water partition coefficient (Wildman–Crippen LogP) is 3.92. The second-order valence-electron chi connectivity index (χ2n) is 7.20. The third-order valence-corrected chi connectivity index (χ3v) is 7.20. The molecule has 1 amide bonds. The number of anilines is 2. The van der Waals surface area contributed by atoms with Gasteiger partial charge in [-0.3, -0.25) is 4.79 Å². The lowest BCUT2D eigenvalue weighted by Crippen LogP contribution is -2.45. The standard InChI is InChI=1S/C19H22Cl2N4OS/c20-13-2-1-3-15(17(13)21)25-8-6-11(7-9-25)18(26)23-12-4-5-14-16(10-12)27-19(22)24-14/h1-3,11-12H,4-10H2,(H2,22,24)(H,23,26). The third kappa shape index (κ3) is 4.03. The number of halogens is 2. The van der Waals surface area contributed by atoms with Crippen molar-refractivity contribution in [2.24, 2.45) is 5.92 Å². The van der Waals surface area contributed by atoms with E-state index >= 15 is 0 Å². The maximum absolute atomic E-state index is 12.7. The Morgan fingerprint density at radius 1 is 1.26 bits per heavy atom. The van der Waals surface area contributed by atoms with Gasteiger partial charge < -0.3 is 16.0 Å². The van der Waals surface area contributed by atoms with Crippen molar-refractivity contribution in [1.29, 1.82) is 0 Å². The molecule has 2 aromatic rings. The zero-order valence-corrected chi connectivity index (χ0v) is 17.2. The molecule has 4 rings (SSSR count). The first-order chi connectivity index (χ1) is 13.0. The smallest absolute Gasteiger partial charge is 0.223 e. The molecule has 1 aliphatic carbocycles. The summed E-state index contributed by atoms with van der Waals surface area (Å²) in [6.07, 6.45) is 4.30. The molecule has 3 N–H and O–H groups in total. The van der Waals surface area contributed by atoms with E-state index in [0.717, 1.165) is 56.6 Å².